The Morgan fingerprint density at radius 1 is 0.933 bits per heavy atom. The second-order valence-corrected chi connectivity index (χ2v) is 5.27. The molecule has 1 rings (SSSR count). The van der Waals surface area contributed by atoms with Crippen molar-refractivity contribution in [2.24, 2.45) is 11.8 Å². The van der Waals surface area contributed by atoms with E-state index in [1.165, 1.54) is 19.3 Å². The number of hydrogen-bond acceptors (Lipinski definition) is 1. The first kappa shape index (κ1) is 14.5. The van der Waals surface area contributed by atoms with Crippen molar-refractivity contribution in [2.75, 3.05) is 13.1 Å². The van der Waals surface area contributed by atoms with Crippen LogP contribution in [0.1, 0.15) is 53.9 Å². The molecule has 1 aliphatic heterocycles. The van der Waals surface area contributed by atoms with Gasteiger partial charge in [0, 0.05) is 19.0 Å². The fourth-order valence-corrected chi connectivity index (χ4v) is 1.48. The molecular weight excluding hydrogens is 186 g/mol. The van der Waals surface area contributed by atoms with E-state index in [-0.39, 0.29) is 5.92 Å². The SMILES string of the molecule is CC(C)C.CC(C)C(=O)N1CCCCC1. The maximum Gasteiger partial charge on any atom is 0.225 e. The van der Waals surface area contributed by atoms with Crippen LogP contribution in [0, 0.1) is 11.8 Å². The minimum absolute atomic E-state index is 0.174. The zero-order valence-electron chi connectivity index (χ0n) is 11.0. The molecule has 0 bridgehead atoms. The lowest BCUT2D eigenvalue weighted by Gasteiger charge is -2.28. The van der Waals surface area contributed by atoms with E-state index in [0.29, 0.717) is 5.91 Å². The Balaban J connectivity index is 0.000000423. The van der Waals surface area contributed by atoms with Crippen LogP contribution in [0.5, 0.6) is 0 Å². The zero-order chi connectivity index (χ0) is 11.8. The molecule has 0 aliphatic carbocycles. The Morgan fingerprint density at radius 3 is 1.67 bits per heavy atom. The van der Waals surface area contributed by atoms with Crippen LogP contribution in [0.2, 0.25) is 0 Å². The van der Waals surface area contributed by atoms with Gasteiger partial charge in [-0.1, -0.05) is 34.6 Å². The van der Waals surface area contributed by atoms with Crippen molar-refractivity contribution in [1.29, 1.82) is 0 Å². The maximum absolute atomic E-state index is 11.4. The molecule has 15 heavy (non-hydrogen) atoms. The number of carbonyl (C=O) groups excluding carboxylic acids is 1. The maximum atomic E-state index is 11.4. The van der Waals surface area contributed by atoms with E-state index in [2.05, 4.69) is 20.8 Å². The summed E-state index contributed by atoms with van der Waals surface area (Å²) in [6.45, 7) is 12.4. The van der Waals surface area contributed by atoms with Gasteiger partial charge in [0.05, 0.1) is 0 Å². The largest absolute Gasteiger partial charge is 0.342 e. The highest BCUT2D eigenvalue weighted by atomic mass is 16.2. The van der Waals surface area contributed by atoms with Gasteiger partial charge >= 0.3 is 0 Å². The highest BCUT2D eigenvalue weighted by Gasteiger charge is 2.18. The topological polar surface area (TPSA) is 20.3 Å². The molecule has 2 nitrogen and oxygen atoms in total. The molecule has 1 saturated heterocycles. The molecular formula is C13H27NO. The Labute approximate surface area is 95.0 Å². The smallest absolute Gasteiger partial charge is 0.225 e. The number of piperidine rings is 1. The third kappa shape index (κ3) is 7.40. The molecule has 2 heteroatoms. The van der Waals surface area contributed by atoms with Crippen LogP contribution in [0.25, 0.3) is 0 Å². The standard InChI is InChI=1S/C9H17NO.C4H10/c1-8(2)9(11)10-6-4-3-5-7-10;1-4(2)3/h8H,3-7H2,1-2H3;4H,1-3H3. The highest BCUT2D eigenvalue weighted by Crippen LogP contribution is 2.11. The van der Waals surface area contributed by atoms with Crippen LogP contribution in [-0.2, 0) is 4.79 Å². The van der Waals surface area contributed by atoms with Gasteiger partial charge in [-0.25, -0.2) is 0 Å². The summed E-state index contributed by atoms with van der Waals surface area (Å²) in [5.41, 5.74) is 0. The zero-order valence-corrected chi connectivity index (χ0v) is 11.0. The quantitative estimate of drug-likeness (QED) is 0.654. The molecule has 0 aromatic carbocycles. The number of carbonyl (C=O) groups is 1. The number of nitrogens with zero attached hydrogens (tertiary/aromatic N) is 1. The van der Waals surface area contributed by atoms with Gasteiger partial charge in [-0.15, -0.1) is 0 Å². The van der Waals surface area contributed by atoms with Crippen molar-refractivity contribution in [1.82, 2.24) is 4.90 Å². The van der Waals surface area contributed by atoms with Gasteiger partial charge in [-0.2, -0.15) is 0 Å². The molecule has 0 spiro atoms. The summed E-state index contributed by atoms with van der Waals surface area (Å²) in [6.07, 6.45) is 3.68. The van der Waals surface area contributed by atoms with E-state index in [1.54, 1.807) is 0 Å². The summed E-state index contributed by atoms with van der Waals surface area (Å²) in [6, 6.07) is 0. The van der Waals surface area contributed by atoms with Crippen LogP contribution in [0.3, 0.4) is 0 Å². The number of rotatable bonds is 1. The average Bonchev–Trinajstić information content (AvgIpc) is 2.17. The minimum atomic E-state index is 0.174. The lowest BCUT2D eigenvalue weighted by atomic mass is 10.1. The van der Waals surface area contributed by atoms with Gasteiger partial charge in [0.1, 0.15) is 0 Å². The van der Waals surface area contributed by atoms with Crippen LogP contribution in [0.15, 0.2) is 0 Å². The molecule has 1 aliphatic rings. The Hall–Kier alpha value is -0.530. The van der Waals surface area contributed by atoms with Crippen molar-refractivity contribution >= 4 is 5.91 Å². The summed E-state index contributed by atoms with van der Waals surface area (Å²) in [5, 5.41) is 0. The van der Waals surface area contributed by atoms with Gasteiger partial charge < -0.3 is 4.90 Å². The van der Waals surface area contributed by atoms with E-state index >= 15 is 0 Å². The summed E-state index contributed by atoms with van der Waals surface area (Å²) < 4.78 is 0. The Kier molecular flexibility index (Phi) is 7.45. The molecule has 0 N–H and O–H groups in total. The summed E-state index contributed by atoms with van der Waals surface area (Å²) in [4.78, 5) is 13.4. The third-order valence-electron chi connectivity index (χ3n) is 2.16. The molecule has 0 saturated carbocycles. The molecule has 1 heterocycles. The second kappa shape index (κ2) is 7.72. The molecule has 0 atom stereocenters. The van der Waals surface area contributed by atoms with Gasteiger partial charge in [-0.3, -0.25) is 4.79 Å². The van der Waals surface area contributed by atoms with Gasteiger partial charge in [0.15, 0.2) is 0 Å². The molecule has 0 aromatic rings. The third-order valence-corrected chi connectivity index (χ3v) is 2.16. The fraction of sp³-hybridized carbons (Fsp3) is 0.923. The van der Waals surface area contributed by atoms with E-state index < -0.39 is 0 Å². The van der Waals surface area contributed by atoms with Gasteiger partial charge in [0.2, 0.25) is 5.91 Å². The summed E-state index contributed by atoms with van der Waals surface area (Å²) >= 11 is 0. The first-order chi connectivity index (χ1) is 6.95. The molecule has 1 fully saturated rings. The monoisotopic (exact) mass is 213 g/mol. The molecule has 90 valence electrons. The summed E-state index contributed by atoms with van der Waals surface area (Å²) in [5.74, 6) is 1.33. The Morgan fingerprint density at radius 2 is 1.33 bits per heavy atom. The van der Waals surface area contributed by atoms with Crippen molar-refractivity contribution in [3.8, 4) is 0 Å². The molecule has 0 radical (unpaired) electrons. The van der Waals surface area contributed by atoms with Crippen LogP contribution in [-0.4, -0.2) is 23.9 Å². The van der Waals surface area contributed by atoms with Crippen LogP contribution >= 0.6 is 0 Å². The average molecular weight is 213 g/mol. The predicted molar refractivity (Wildman–Crippen MR) is 65.8 cm³/mol. The van der Waals surface area contributed by atoms with E-state index in [1.807, 2.05) is 18.7 Å². The van der Waals surface area contributed by atoms with E-state index in [4.69, 9.17) is 0 Å². The van der Waals surface area contributed by atoms with Crippen molar-refractivity contribution in [2.45, 2.75) is 53.9 Å². The van der Waals surface area contributed by atoms with Crippen LogP contribution in [0.4, 0.5) is 0 Å². The molecule has 1 amide bonds. The van der Waals surface area contributed by atoms with Crippen molar-refractivity contribution < 1.29 is 4.79 Å². The van der Waals surface area contributed by atoms with Crippen LogP contribution < -0.4 is 0 Å². The number of likely N-dealkylation sites (tertiary alicyclic amines) is 1. The predicted octanol–water partition coefficient (Wildman–Crippen LogP) is 3.32. The molecule has 0 unspecified atom stereocenters. The lowest BCUT2D eigenvalue weighted by Crippen LogP contribution is -2.38. The first-order valence-electron chi connectivity index (χ1n) is 6.24. The van der Waals surface area contributed by atoms with E-state index in [0.717, 1.165) is 19.0 Å². The molecule has 0 aromatic heterocycles. The minimum Gasteiger partial charge on any atom is -0.342 e. The number of amides is 1. The normalized spacial score (nSPS) is 16.3. The van der Waals surface area contributed by atoms with Crippen molar-refractivity contribution in [3.05, 3.63) is 0 Å². The van der Waals surface area contributed by atoms with Gasteiger partial charge in [-0.05, 0) is 25.2 Å². The highest BCUT2D eigenvalue weighted by molar-refractivity contribution is 5.78. The second-order valence-electron chi connectivity index (χ2n) is 5.27. The summed E-state index contributed by atoms with van der Waals surface area (Å²) in [7, 11) is 0. The first-order valence-corrected chi connectivity index (χ1v) is 6.24. The van der Waals surface area contributed by atoms with Crippen molar-refractivity contribution in [3.63, 3.8) is 0 Å². The number of hydrogen-bond donors (Lipinski definition) is 0. The van der Waals surface area contributed by atoms with E-state index in [9.17, 15) is 4.79 Å². The fourth-order valence-electron chi connectivity index (χ4n) is 1.48. The van der Waals surface area contributed by atoms with Gasteiger partial charge in [0.25, 0.3) is 0 Å². The Bertz CT molecular complexity index is 167. The lowest BCUT2D eigenvalue weighted by molar-refractivity contribution is -0.135.